The highest BCUT2D eigenvalue weighted by atomic mass is 127. The summed E-state index contributed by atoms with van der Waals surface area (Å²) in [5.41, 5.74) is 0. The Kier molecular flexibility index (Phi) is 10.8. The smallest absolute Gasteiger partial charge is 0.0578 e. The molecule has 0 aliphatic rings. The van der Waals surface area contributed by atoms with Crippen LogP contribution in [0.1, 0.15) is 58.3 Å². The lowest BCUT2D eigenvalue weighted by Crippen LogP contribution is -2.27. The fourth-order valence-electron chi connectivity index (χ4n) is 1.80. The molecule has 0 spiro atoms. The van der Waals surface area contributed by atoms with Gasteiger partial charge in [0.05, 0.1) is 8.07 Å². The minimum Gasteiger partial charge on any atom is -0.0897 e. The lowest BCUT2D eigenvalue weighted by atomic mass is 10.1. The first-order chi connectivity index (χ1) is 7.12. The maximum atomic E-state index is 2.58. The van der Waals surface area contributed by atoms with E-state index in [4.69, 9.17) is 0 Å². The van der Waals surface area contributed by atoms with Crippen molar-refractivity contribution >= 4 is 30.7 Å². The van der Waals surface area contributed by atoms with E-state index in [1.165, 1.54) is 55.4 Å². The highest BCUT2D eigenvalue weighted by Gasteiger charge is 2.17. The predicted molar refractivity (Wildman–Crippen MR) is 83.8 cm³/mol. The van der Waals surface area contributed by atoms with Crippen molar-refractivity contribution in [3.05, 3.63) is 0 Å². The van der Waals surface area contributed by atoms with Gasteiger partial charge in [-0.15, -0.1) is 0 Å². The number of unbranched alkanes of at least 4 members (excludes halogenated alkanes) is 7. The molecule has 0 aliphatic heterocycles. The van der Waals surface area contributed by atoms with Crippen LogP contribution in [-0.2, 0) is 0 Å². The zero-order chi connectivity index (χ0) is 11.6. The normalized spacial score (nSPS) is 12.0. The van der Waals surface area contributed by atoms with Crippen LogP contribution in [0.25, 0.3) is 0 Å². The van der Waals surface area contributed by atoms with Crippen LogP contribution < -0.4 is 0 Å². The quantitative estimate of drug-likeness (QED) is 0.204. The van der Waals surface area contributed by atoms with Crippen LogP contribution in [0.5, 0.6) is 0 Å². The third-order valence-corrected chi connectivity index (χ3v) is 11.7. The third-order valence-electron chi connectivity index (χ3n) is 3.07. The Morgan fingerprint density at radius 3 is 1.73 bits per heavy atom. The minimum atomic E-state index is -0.772. The van der Waals surface area contributed by atoms with Crippen molar-refractivity contribution in [1.29, 1.82) is 0 Å². The molecule has 0 N–H and O–H groups in total. The maximum Gasteiger partial charge on any atom is 0.0578 e. The Labute approximate surface area is 112 Å². The van der Waals surface area contributed by atoms with Crippen molar-refractivity contribution < 1.29 is 0 Å². The summed E-state index contributed by atoms with van der Waals surface area (Å²) in [6.45, 7) is 7.35. The first-order valence-electron chi connectivity index (χ1n) is 6.68. The summed E-state index contributed by atoms with van der Waals surface area (Å²) in [4.78, 5) is 0. The van der Waals surface area contributed by atoms with Crippen LogP contribution in [0.2, 0.25) is 19.1 Å². The monoisotopic (exact) mass is 340 g/mol. The number of alkyl halides is 1. The van der Waals surface area contributed by atoms with Crippen molar-refractivity contribution in [1.82, 2.24) is 0 Å². The lowest BCUT2D eigenvalue weighted by molar-refractivity contribution is 0.584. The van der Waals surface area contributed by atoms with Gasteiger partial charge < -0.3 is 0 Å². The Morgan fingerprint density at radius 2 is 1.27 bits per heavy atom. The van der Waals surface area contributed by atoms with Crippen molar-refractivity contribution in [2.45, 2.75) is 77.4 Å². The fraction of sp³-hybridized carbons (Fsp3) is 1.00. The molecule has 0 fully saturated rings. The van der Waals surface area contributed by atoms with E-state index in [2.05, 4.69) is 42.6 Å². The minimum absolute atomic E-state index is 0.772. The summed E-state index contributed by atoms with van der Waals surface area (Å²) in [7, 11) is -0.772. The third kappa shape index (κ3) is 11.2. The van der Waals surface area contributed by atoms with Crippen molar-refractivity contribution in [2.24, 2.45) is 0 Å². The average molecular weight is 340 g/mol. The molecule has 0 saturated carbocycles. The van der Waals surface area contributed by atoms with Crippen LogP contribution in [0, 0.1) is 0 Å². The van der Waals surface area contributed by atoms with Gasteiger partial charge in [-0.05, 0) is 4.05 Å². The highest BCUT2D eigenvalue weighted by Crippen LogP contribution is 2.18. The second-order valence-corrected chi connectivity index (χ2v) is 12.9. The number of rotatable bonds is 10. The second kappa shape index (κ2) is 10.1. The number of hydrogen-bond acceptors (Lipinski definition) is 0. The molecule has 2 heteroatoms. The molecule has 0 bridgehead atoms. The van der Waals surface area contributed by atoms with Crippen molar-refractivity contribution in [3.8, 4) is 0 Å². The van der Waals surface area contributed by atoms with Gasteiger partial charge in [0.15, 0.2) is 0 Å². The Morgan fingerprint density at radius 1 is 0.800 bits per heavy atom. The summed E-state index contributed by atoms with van der Waals surface area (Å²) in [5.74, 6) is 0. The molecule has 15 heavy (non-hydrogen) atoms. The molecule has 0 unspecified atom stereocenters. The van der Waals surface area contributed by atoms with Gasteiger partial charge in [0.2, 0.25) is 0 Å². The molecular weight excluding hydrogens is 311 g/mol. The average Bonchev–Trinajstić information content (AvgIpc) is 2.22. The van der Waals surface area contributed by atoms with E-state index in [0.717, 1.165) is 0 Å². The van der Waals surface area contributed by atoms with Crippen LogP contribution in [0.3, 0.4) is 0 Å². The van der Waals surface area contributed by atoms with E-state index in [1.807, 2.05) is 0 Å². The summed E-state index contributed by atoms with van der Waals surface area (Å²) < 4.78 is 1.43. The molecule has 0 heterocycles. The molecule has 0 nitrogen and oxygen atoms in total. The van der Waals surface area contributed by atoms with Crippen LogP contribution in [-0.4, -0.2) is 12.1 Å². The standard InChI is InChI=1S/C13H29ISi/c1-4-5-6-7-8-9-10-11-12-15(2,3)13-14/h4-13H2,1-3H3. The van der Waals surface area contributed by atoms with E-state index in [9.17, 15) is 0 Å². The van der Waals surface area contributed by atoms with E-state index < -0.39 is 8.07 Å². The summed E-state index contributed by atoms with van der Waals surface area (Å²) in [5, 5.41) is 0. The Balaban J connectivity index is 3.11. The second-order valence-electron chi connectivity index (χ2n) is 5.52. The molecule has 0 aromatic heterocycles. The van der Waals surface area contributed by atoms with Gasteiger partial charge in [-0.2, -0.15) is 0 Å². The van der Waals surface area contributed by atoms with E-state index in [-0.39, 0.29) is 0 Å². The molecule has 0 atom stereocenters. The van der Waals surface area contributed by atoms with Gasteiger partial charge in [-0.1, -0.05) is 100 Å². The zero-order valence-corrected chi connectivity index (χ0v) is 14.1. The number of hydrogen-bond donors (Lipinski definition) is 0. The molecule has 92 valence electrons. The van der Waals surface area contributed by atoms with Crippen molar-refractivity contribution in [2.75, 3.05) is 4.05 Å². The molecule has 0 aromatic carbocycles. The van der Waals surface area contributed by atoms with E-state index >= 15 is 0 Å². The van der Waals surface area contributed by atoms with Gasteiger partial charge in [0.25, 0.3) is 0 Å². The molecule has 0 radical (unpaired) electrons. The van der Waals surface area contributed by atoms with Crippen LogP contribution >= 0.6 is 22.6 Å². The largest absolute Gasteiger partial charge is 0.0897 e. The predicted octanol–water partition coefficient (Wildman–Crippen LogP) is 5.81. The number of halogens is 1. The summed E-state index contributed by atoms with van der Waals surface area (Å²) in [6, 6.07) is 1.55. The zero-order valence-electron chi connectivity index (χ0n) is 10.9. The molecule has 0 aromatic rings. The van der Waals surface area contributed by atoms with Crippen LogP contribution in [0.15, 0.2) is 0 Å². The molecule has 0 amide bonds. The summed E-state index contributed by atoms with van der Waals surface area (Å²) in [6.07, 6.45) is 11.7. The SMILES string of the molecule is CCCCCCCCCC[Si](C)(C)CI. The Bertz CT molecular complexity index is 134. The van der Waals surface area contributed by atoms with Gasteiger partial charge in [0, 0.05) is 0 Å². The molecule has 0 aliphatic carbocycles. The molecular formula is C13H29ISi. The fourth-order valence-corrected chi connectivity index (χ4v) is 4.29. The summed E-state index contributed by atoms with van der Waals surface area (Å²) >= 11 is 2.58. The lowest BCUT2D eigenvalue weighted by Gasteiger charge is -2.18. The van der Waals surface area contributed by atoms with Crippen LogP contribution in [0.4, 0.5) is 0 Å². The Hall–Kier alpha value is 0.947. The first kappa shape index (κ1) is 15.9. The topological polar surface area (TPSA) is 0 Å². The van der Waals surface area contributed by atoms with E-state index in [1.54, 1.807) is 6.04 Å². The van der Waals surface area contributed by atoms with Gasteiger partial charge in [0.1, 0.15) is 0 Å². The maximum absolute atomic E-state index is 2.58. The van der Waals surface area contributed by atoms with Gasteiger partial charge in [-0.25, -0.2) is 0 Å². The van der Waals surface area contributed by atoms with E-state index in [0.29, 0.717) is 0 Å². The van der Waals surface area contributed by atoms with Gasteiger partial charge >= 0.3 is 0 Å². The highest BCUT2D eigenvalue weighted by molar-refractivity contribution is 14.1. The van der Waals surface area contributed by atoms with Crippen molar-refractivity contribution in [3.63, 3.8) is 0 Å². The van der Waals surface area contributed by atoms with Gasteiger partial charge in [-0.3, -0.25) is 0 Å². The molecule has 0 saturated heterocycles. The first-order valence-corrected chi connectivity index (χ1v) is 11.6. The molecule has 0 rings (SSSR count).